The number of aryl methyl sites for hydroxylation is 3. The van der Waals surface area contributed by atoms with Crippen LogP contribution in [-0.2, 0) is 0 Å². The summed E-state index contributed by atoms with van der Waals surface area (Å²) in [6, 6.07) is 19.0. The molecule has 1 N–H and O–H groups in total. The van der Waals surface area contributed by atoms with Gasteiger partial charge in [0.05, 0.1) is 5.39 Å². The van der Waals surface area contributed by atoms with Gasteiger partial charge in [0.25, 0.3) is 0 Å². The number of aromatic nitrogens is 2. The van der Waals surface area contributed by atoms with Gasteiger partial charge in [-0.2, -0.15) is 0 Å². The highest BCUT2D eigenvalue weighted by molar-refractivity contribution is 7.21. The van der Waals surface area contributed by atoms with E-state index in [1.807, 2.05) is 13.0 Å². The summed E-state index contributed by atoms with van der Waals surface area (Å²) in [6.45, 7) is 6.18. The first kappa shape index (κ1) is 15.8. The van der Waals surface area contributed by atoms with E-state index in [1.165, 1.54) is 21.6 Å². The fraction of sp³-hybridized carbons (Fsp3) is 0.143. The summed E-state index contributed by atoms with van der Waals surface area (Å²) in [4.78, 5) is 11.5. The molecule has 25 heavy (non-hydrogen) atoms. The minimum absolute atomic E-state index is 0.778. The molecule has 2 aromatic carbocycles. The Morgan fingerprint density at radius 2 is 1.64 bits per heavy atom. The third-order valence-electron chi connectivity index (χ3n) is 4.33. The number of fused-ring (bicyclic) bond motifs is 1. The van der Waals surface area contributed by atoms with Crippen LogP contribution in [0.5, 0.6) is 0 Å². The Kier molecular flexibility index (Phi) is 3.98. The number of rotatable bonds is 3. The largest absolute Gasteiger partial charge is 0.340 e. The summed E-state index contributed by atoms with van der Waals surface area (Å²) >= 11 is 1.70. The van der Waals surface area contributed by atoms with Crippen LogP contribution in [0.25, 0.3) is 20.7 Å². The van der Waals surface area contributed by atoms with Crippen molar-refractivity contribution < 1.29 is 0 Å². The molecule has 2 heterocycles. The lowest BCUT2D eigenvalue weighted by molar-refractivity contribution is 1.10. The molecule has 124 valence electrons. The maximum atomic E-state index is 4.64. The van der Waals surface area contributed by atoms with Crippen LogP contribution in [-0.4, -0.2) is 9.97 Å². The number of benzene rings is 2. The predicted molar refractivity (Wildman–Crippen MR) is 107 cm³/mol. The number of hydrogen-bond acceptors (Lipinski definition) is 4. The molecule has 0 saturated carbocycles. The van der Waals surface area contributed by atoms with Gasteiger partial charge in [-0.25, -0.2) is 9.97 Å². The molecule has 0 saturated heterocycles. The molecule has 4 aromatic rings. The molecule has 0 radical (unpaired) electrons. The van der Waals surface area contributed by atoms with Gasteiger partial charge in [0.1, 0.15) is 16.5 Å². The van der Waals surface area contributed by atoms with Crippen LogP contribution in [0.4, 0.5) is 11.5 Å². The summed E-state index contributed by atoms with van der Waals surface area (Å²) in [7, 11) is 0. The van der Waals surface area contributed by atoms with Crippen LogP contribution in [0.15, 0.2) is 54.6 Å². The first-order valence-electron chi connectivity index (χ1n) is 8.28. The van der Waals surface area contributed by atoms with Crippen molar-refractivity contribution in [3.05, 3.63) is 71.5 Å². The van der Waals surface area contributed by atoms with Crippen LogP contribution in [0.1, 0.15) is 17.0 Å². The van der Waals surface area contributed by atoms with E-state index in [1.54, 1.807) is 11.3 Å². The molecule has 0 bridgehead atoms. The molecule has 0 aliphatic rings. The van der Waals surface area contributed by atoms with Gasteiger partial charge in [-0.1, -0.05) is 36.4 Å². The van der Waals surface area contributed by atoms with Crippen molar-refractivity contribution >= 4 is 33.1 Å². The van der Waals surface area contributed by atoms with E-state index in [0.29, 0.717) is 0 Å². The van der Waals surface area contributed by atoms with Crippen molar-refractivity contribution in [2.75, 3.05) is 5.32 Å². The molecular formula is C21H19N3S. The zero-order valence-corrected chi connectivity index (χ0v) is 15.3. The second kappa shape index (κ2) is 6.30. The highest BCUT2D eigenvalue weighted by Crippen LogP contribution is 2.36. The molecule has 0 aliphatic carbocycles. The van der Waals surface area contributed by atoms with E-state index >= 15 is 0 Å². The van der Waals surface area contributed by atoms with Gasteiger partial charge in [0.15, 0.2) is 0 Å². The second-order valence-corrected chi connectivity index (χ2v) is 7.27. The topological polar surface area (TPSA) is 37.8 Å². The zero-order valence-electron chi connectivity index (χ0n) is 14.5. The third-order valence-corrected chi connectivity index (χ3v) is 5.41. The molecule has 0 unspecified atom stereocenters. The van der Waals surface area contributed by atoms with Crippen molar-refractivity contribution in [1.29, 1.82) is 0 Å². The van der Waals surface area contributed by atoms with Gasteiger partial charge in [0.2, 0.25) is 0 Å². The molecular weight excluding hydrogens is 326 g/mol. The number of thiophene rings is 1. The van der Waals surface area contributed by atoms with Gasteiger partial charge in [-0.3, -0.25) is 0 Å². The lowest BCUT2D eigenvalue weighted by Gasteiger charge is -2.09. The first-order valence-corrected chi connectivity index (χ1v) is 9.10. The Hall–Kier alpha value is -2.72. The van der Waals surface area contributed by atoms with Gasteiger partial charge in [-0.05, 0) is 55.7 Å². The lowest BCUT2D eigenvalue weighted by atomic mass is 10.1. The van der Waals surface area contributed by atoms with Crippen LogP contribution >= 0.6 is 11.3 Å². The second-order valence-electron chi connectivity index (χ2n) is 6.24. The van der Waals surface area contributed by atoms with Gasteiger partial charge in [0, 0.05) is 10.6 Å². The lowest BCUT2D eigenvalue weighted by Crippen LogP contribution is -1.98. The van der Waals surface area contributed by atoms with Crippen molar-refractivity contribution in [2.45, 2.75) is 20.8 Å². The van der Waals surface area contributed by atoms with E-state index in [4.69, 9.17) is 0 Å². The maximum absolute atomic E-state index is 4.64. The van der Waals surface area contributed by atoms with E-state index in [0.717, 1.165) is 27.5 Å². The minimum Gasteiger partial charge on any atom is -0.340 e. The van der Waals surface area contributed by atoms with Crippen molar-refractivity contribution in [2.24, 2.45) is 0 Å². The molecule has 0 fully saturated rings. The molecule has 0 atom stereocenters. The smallest absolute Gasteiger partial charge is 0.142 e. The Balaban J connectivity index is 1.80. The van der Waals surface area contributed by atoms with Gasteiger partial charge >= 0.3 is 0 Å². The number of anilines is 2. The third kappa shape index (κ3) is 3.13. The number of nitrogens with one attached hydrogen (secondary N) is 1. The molecule has 4 rings (SSSR count). The molecule has 2 aromatic heterocycles. The summed E-state index contributed by atoms with van der Waals surface area (Å²) in [5.74, 6) is 1.64. The highest BCUT2D eigenvalue weighted by atomic mass is 32.1. The SMILES string of the molecule is Cc1nc(Nc2ccc(C)c(C)c2)c2cc(-c3ccccc3)sc2n1. The van der Waals surface area contributed by atoms with Crippen molar-refractivity contribution in [3.8, 4) is 10.4 Å². The molecule has 0 amide bonds. The monoisotopic (exact) mass is 345 g/mol. The van der Waals surface area contributed by atoms with Gasteiger partial charge < -0.3 is 5.32 Å². The average molecular weight is 345 g/mol. The Morgan fingerprint density at radius 3 is 2.40 bits per heavy atom. The van der Waals surface area contributed by atoms with Crippen molar-refractivity contribution in [1.82, 2.24) is 9.97 Å². The van der Waals surface area contributed by atoms with E-state index in [9.17, 15) is 0 Å². The molecule has 0 aliphatic heterocycles. The number of nitrogens with zero attached hydrogens (tertiary/aromatic N) is 2. The summed E-state index contributed by atoms with van der Waals surface area (Å²) in [5, 5.41) is 4.54. The fourth-order valence-corrected chi connectivity index (χ4v) is 3.91. The van der Waals surface area contributed by atoms with Crippen LogP contribution in [0.3, 0.4) is 0 Å². The van der Waals surface area contributed by atoms with E-state index < -0.39 is 0 Å². The predicted octanol–water partition coefficient (Wildman–Crippen LogP) is 6.03. The van der Waals surface area contributed by atoms with Gasteiger partial charge in [-0.15, -0.1) is 11.3 Å². The molecule has 3 nitrogen and oxygen atoms in total. The standard InChI is InChI=1S/C21H19N3S/c1-13-9-10-17(11-14(13)2)24-20-18-12-19(16-7-5-4-6-8-16)25-21(18)23-15(3)22-20/h4-12H,1-3H3,(H,22,23,24). The normalized spacial score (nSPS) is 11.0. The zero-order chi connectivity index (χ0) is 17.4. The Labute approximate surface area is 151 Å². The quantitative estimate of drug-likeness (QED) is 0.493. The summed E-state index contributed by atoms with van der Waals surface area (Å²) < 4.78 is 0. The summed E-state index contributed by atoms with van der Waals surface area (Å²) in [5.41, 5.74) is 4.81. The fourth-order valence-electron chi connectivity index (χ4n) is 2.82. The first-order chi connectivity index (χ1) is 12.1. The van der Waals surface area contributed by atoms with Crippen molar-refractivity contribution in [3.63, 3.8) is 0 Å². The minimum atomic E-state index is 0.778. The molecule has 0 spiro atoms. The Morgan fingerprint density at radius 1 is 0.840 bits per heavy atom. The Bertz CT molecular complexity index is 1050. The maximum Gasteiger partial charge on any atom is 0.142 e. The highest BCUT2D eigenvalue weighted by Gasteiger charge is 2.12. The van der Waals surface area contributed by atoms with Crippen LogP contribution in [0.2, 0.25) is 0 Å². The van der Waals surface area contributed by atoms with Crippen LogP contribution < -0.4 is 5.32 Å². The number of hydrogen-bond donors (Lipinski definition) is 1. The average Bonchev–Trinajstić information content (AvgIpc) is 3.03. The van der Waals surface area contributed by atoms with E-state index in [-0.39, 0.29) is 0 Å². The van der Waals surface area contributed by atoms with E-state index in [2.05, 4.69) is 77.7 Å². The summed E-state index contributed by atoms with van der Waals surface area (Å²) in [6.07, 6.45) is 0. The molecule has 4 heteroatoms. The van der Waals surface area contributed by atoms with Crippen LogP contribution in [0, 0.1) is 20.8 Å².